The van der Waals surface area contributed by atoms with Crippen LogP contribution in [0, 0.1) is 0 Å². The summed E-state index contributed by atoms with van der Waals surface area (Å²) in [6, 6.07) is 11.7. The van der Waals surface area contributed by atoms with Gasteiger partial charge in [-0.15, -0.1) is 0 Å². The Bertz CT molecular complexity index is 637. The van der Waals surface area contributed by atoms with Crippen LogP contribution in [0.5, 0.6) is 0 Å². The van der Waals surface area contributed by atoms with Crippen molar-refractivity contribution in [1.29, 1.82) is 0 Å². The Morgan fingerprint density at radius 1 is 1.00 bits per heavy atom. The Labute approximate surface area is 126 Å². The number of halogens is 4. The number of alkyl halides is 3. The minimum absolute atomic E-state index is 0.336. The number of rotatable bonds is 1. The smallest absolute Gasteiger partial charge is 0.356 e. The van der Waals surface area contributed by atoms with Crippen molar-refractivity contribution in [2.75, 3.05) is 11.4 Å². The second-order valence-corrected chi connectivity index (χ2v) is 5.50. The molecule has 0 aliphatic carbocycles. The van der Waals surface area contributed by atoms with Gasteiger partial charge in [-0.05, 0) is 41.8 Å². The third-order valence-electron chi connectivity index (χ3n) is 3.75. The first-order valence-corrected chi connectivity index (χ1v) is 7.01. The Balaban J connectivity index is 2.07. The summed E-state index contributed by atoms with van der Waals surface area (Å²) in [4.78, 5) is 1.40. The summed E-state index contributed by atoms with van der Waals surface area (Å²) in [6.45, 7) is 0.336. The molecule has 0 saturated heterocycles. The van der Waals surface area contributed by atoms with E-state index in [0.29, 0.717) is 29.2 Å². The van der Waals surface area contributed by atoms with Gasteiger partial charge in [0.1, 0.15) is 0 Å². The number of hydrogen-bond acceptors (Lipinski definition) is 1. The SMILES string of the molecule is FC(F)(F)C1c2ccccc2CCN1c1ccc(Cl)cc1. The monoisotopic (exact) mass is 311 g/mol. The first-order valence-electron chi connectivity index (χ1n) is 6.63. The standard InChI is InChI=1S/C16H13ClF3N/c17-12-5-7-13(8-6-12)21-10-9-11-3-1-2-4-14(11)15(21)16(18,19)20/h1-8,15H,9-10H2. The van der Waals surface area contributed by atoms with Crippen LogP contribution in [0.1, 0.15) is 17.2 Å². The molecule has 3 rings (SSSR count). The lowest BCUT2D eigenvalue weighted by atomic mass is 9.91. The highest BCUT2D eigenvalue weighted by Gasteiger charge is 2.47. The number of nitrogens with zero attached hydrogens (tertiary/aromatic N) is 1. The molecule has 0 amide bonds. The molecule has 1 heterocycles. The van der Waals surface area contributed by atoms with Gasteiger partial charge in [0.15, 0.2) is 6.04 Å². The normalized spacial score (nSPS) is 18.5. The Morgan fingerprint density at radius 3 is 2.33 bits per heavy atom. The van der Waals surface area contributed by atoms with Gasteiger partial charge in [0.2, 0.25) is 0 Å². The first kappa shape index (κ1) is 14.3. The van der Waals surface area contributed by atoms with Crippen LogP contribution in [0.15, 0.2) is 48.5 Å². The molecule has 110 valence electrons. The lowest BCUT2D eigenvalue weighted by Gasteiger charge is -2.39. The van der Waals surface area contributed by atoms with Crippen LogP contribution in [0.25, 0.3) is 0 Å². The molecule has 0 radical (unpaired) electrons. The van der Waals surface area contributed by atoms with E-state index in [1.807, 2.05) is 0 Å². The second kappa shape index (κ2) is 5.26. The van der Waals surface area contributed by atoms with Crippen LogP contribution < -0.4 is 4.90 Å². The van der Waals surface area contributed by atoms with Crippen LogP contribution in [-0.4, -0.2) is 12.7 Å². The average Bonchev–Trinajstić information content (AvgIpc) is 2.46. The molecular weight excluding hydrogens is 299 g/mol. The van der Waals surface area contributed by atoms with Crippen molar-refractivity contribution in [3.8, 4) is 0 Å². The highest BCUT2D eigenvalue weighted by Crippen LogP contribution is 2.43. The summed E-state index contributed by atoms with van der Waals surface area (Å²) in [5.74, 6) is 0. The van der Waals surface area contributed by atoms with E-state index in [4.69, 9.17) is 11.6 Å². The summed E-state index contributed by atoms with van der Waals surface area (Å²) < 4.78 is 40.7. The first-order chi connectivity index (χ1) is 9.97. The Hall–Kier alpha value is -1.68. The summed E-state index contributed by atoms with van der Waals surface area (Å²) in [5, 5.41) is 0.514. The predicted octanol–water partition coefficient (Wildman–Crippen LogP) is 5.01. The average molecular weight is 312 g/mol. The van der Waals surface area contributed by atoms with Crippen LogP contribution >= 0.6 is 11.6 Å². The fourth-order valence-electron chi connectivity index (χ4n) is 2.83. The molecular formula is C16H13ClF3N. The van der Waals surface area contributed by atoms with Crippen LogP contribution in [-0.2, 0) is 6.42 Å². The lowest BCUT2D eigenvalue weighted by molar-refractivity contribution is -0.151. The molecule has 0 spiro atoms. The molecule has 1 aliphatic rings. The van der Waals surface area contributed by atoms with Crippen molar-refractivity contribution < 1.29 is 13.2 Å². The minimum atomic E-state index is -4.32. The Morgan fingerprint density at radius 2 is 1.67 bits per heavy atom. The van der Waals surface area contributed by atoms with E-state index in [-0.39, 0.29) is 0 Å². The fraction of sp³-hybridized carbons (Fsp3) is 0.250. The fourth-order valence-corrected chi connectivity index (χ4v) is 2.96. The van der Waals surface area contributed by atoms with E-state index in [1.54, 1.807) is 48.5 Å². The van der Waals surface area contributed by atoms with Gasteiger partial charge in [-0.25, -0.2) is 0 Å². The molecule has 0 aromatic heterocycles. The van der Waals surface area contributed by atoms with Crippen LogP contribution in [0.2, 0.25) is 5.02 Å². The highest BCUT2D eigenvalue weighted by atomic mass is 35.5. The van der Waals surface area contributed by atoms with E-state index in [0.717, 1.165) is 5.56 Å². The van der Waals surface area contributed by atoms with Gasteiger partial charge in [0, 0.05) is 17.3 Å². The van der Waals surface area contributed by atoms with Gasteiger partial charge >= 0.3 is 6.18 Å². The molecule has 21 heavy (non-hydrogen) atoms. The molecule has 0 fully saturated rings. The van der Waals surface area contributed by atoms with Gasteiger partial charge in [0.05, 0.1) is 0 Å². The predicted molar refractivity (Wildman–Crippen MR) is 77.7 cm³/mol. The third kappa shape index (κ3) is 2.72. The van der Waals surface area contributed by atoms with Crippen molar-refractivity contribution in [2.45, 2.75) is 18.6 Å². The molecule has 5 heteroatoms. The van der Waals surface area contributed by atoms with E-state index < -0.39 is 12.2 Å². The molecule has 0 N–H and O–H groups in total. The molecule has 2 aromatic carbocycles. The van der Waals surface area contributed by atoms with Crippen molar-refractivity contribution in [1.82, 2.24) is 0 Å². The maximum absolute atomic E-state index is 13.6. The maximum Gasteiger partial charge on any atom is 0.413 e. The van der Waals surface area contributed by atoms with Crippen molar-refractivity contribution >= 4 is 17.3 Å². The maximum atomic E-state index is 13.6. The molecule has 1 nitrogen and oxygen atoms in total. The molecule has 1 aliphatic heterocycles. The van der Waals surface area contributed by atoms with Crippen LogP contribution in [0.4, 0.5) is 18.9 Å². The van der Waals surface area contributed by atoms with Crippen molar-refractivity contribution in [3.05, 3.63) is 64.7 Å². The zero-order valence-corrected chi connectivity index (χ0v) is 11.8. The topological polar surface area (TPSA) is 3.24 Å². The zero-order valence-electron chi connectivity index (χ0n) is 11.1. The van der Waals surface area contributed by atoms with Gasteiger partial charge in [-0.3, -0.25) is 0 Å². The number of hydrogen-bond donors (Lipinski definition) is 0. The molecule has 0 bridgehead atoms. The van der Waals surface area contributed by atoms with Crippen molar-refractivity contribution in [2.24, 2.45) is 0 Å². The summed E-state index contributed by atoms with van der Waals surface area (Å²) in [6.07, 6.45) is -3.72. The molecule has 1 atom stereocenters. The quantitative estimate of drug-likeness (QED) is 0.716. The van der Waals surface area contributed by atoms with E-state index in [9.17, 15) is 13.2 Å². The molecule has 2 aromatic rings. The van der Waals surface area contributed by atoms with Crippen LogP contribution in [0.3, 0.4) is 0 Å². The number of benzene rings is 2. The van der Waals surface area contributed by atoms with Gasteiger partial charge < -0.3 is 4.90 Å². The van der Waals surface area contributed by atoms with E-state index in [2.05, 4.69) is 0 Å². The summed E-state index contributed by atoms with van der Waals surface area (Å²) in [5.41, 5.74) is 1.65. The van der Waals surface area contributed by atoms with Crippen molar-refractivity contribution in [3.63, 3.8) is 0 Å². The van der Waals surface area contributed by atoms with E-state index in [1.165, 1.54) is 4.90 Å². The highest BCUT2D eigenvalue weighted by molar-refractivity contribution is 6.30. The summed E-state index contributed by atoms with van der Waals surface area (Å²) >= 11 is 5.82. The van der Waals surface area contributed by atoms with Gasteiger partial charge in [-0.2, -0.15) is 13.2 Å². The molecule has 1 unspecified atom stereocenters. The minimum Gasteiger partial charge on any atom is -0.356 e. The van der Waals surface area contributed by atoms with Gasteiger partial charge in [-0.1, -0.05) is 35.9 Å². The summed E-state index contributed by atoms with van der Waals surface area (Å²) in [7, 11) is 0. The van der Waals surface area contributed by atoms with E-state index >= 15 is 0 Å². The number of anilines is 1. The van der Waals surface area contributed by atoms with Gasteiger partial charge in [0.25, 0.3) is 0 Å². The largest absolute Gasteiger partial charge is 0.413 e. The third-order valence-corrected chi connectivity index (χ3v) is 4.00. The zero-order chi connectivity index (χ0) is 15.0. The number of fused-ring (bicyclic) bond motifs is 1. The lowest BCUT2D eigenvalue weighted by Crippen LogP contribution is -2.43. The Kier molecular flexibility index (Phi) is 3.57. The molecule has 0 saturated carbocycles. The second-order valence-electron chi connectivity index (χ2n) is 5.06.